The third kappa shape index (κ3) is 1.28. The molecule has 14 heavy (non-hydrogen) atoms. The van der Waals surface area contributed by atoms with Gasteiger partial charge in [-0.25, -0.2) is 4.39 Å². The van der Waals surface area contributed by atoms with Crippen LogP contribution in [0, 0.1) is 17.1 Å². The third-order valence-corrected chi connectivity index (χ3v) is 3.26. The summed E-state index contributed by atoms with van der Waals surface area (Å²) in [6.45, 7) is 0. The normalized spacial score (nSPS) is 10.4. The van der Waals surface area contributed by atoms with Crippen LogP contribution in [-0.2, 0) is 5.88 Å². The molecule has 2 rings (SSSR count). The van der Waals surface area contributed by atoms with Crippen LogP contribution in [-0.4, -0.2) is 0 Å². The molecular formula is C10H5ClFNS. The Bertz CT molecular complexity index is 527. The number of halogens is 2. The van der Waals surface area contributed by atoms with Gasteiger partial charge in [0.1, 0.15) is 11.9 Å². The van der Waals surface area contributed by atoms with Crippen LogP contribution >= 0.6 is 22.9 Å². The average molecular weight is 226 g/mol. The summed E-state index contributed by atoms with van der Waals surface area (Å²) in [5.74, 6) is -0.238. The van der Waals surface area contributed by atoms with Gasteiger partial charge in [-0.05, 0) is 6.07 Å². The van der Waals surface area contributed by atoms with Gasteiger partial charge in [0.2, 0.25) is 0 Å². The van der Waals surface area contributed by atoms with Crippen molar-refractivity contribution in [2.45, 2.75) is 5.88 Å². The van der Waals surface area contributed by atoms with Crippen molar-refractivity contribution in [2.75, 3.05) is 0 Å². The molecule has 0 unspecified atom stereocenters. The number of nitriles is 1. The van der Waals surface area contributed by atoms with Crippen molar-refractivity contribution in [2.24, 2.45) is 0 Å². The maximum atomic E-state index is 13.7. The summed E-state index contributed by atoms with van der Waals surface area (Å²) < 4.78 is 14.5. The Kier molecular flexibility index (Phi) is 2.40. The number of benzene rings is 1. The standard InChI is InChI=1S/C10H5ClFNS/c11-3-6-1-2-8-9(10(6)12)7(4-13)5-14-8/h1-2,5H,3H2. The lowest BCUT2D eigenvalue weighted by Gasteiger charge is -1.99. The summed E-state index contributed by atoms with van der Waals surface area (Å²) in [5, 5.41) is 10.8. The van der Waals surface area contributed by atoms with E-state index < -0.39 is 0 Å². The van der Waals surface area contributed by atoms with Gasteiger partial charge in [-0.1, -0.05) is 6.07 Å². The van der Waals surface area contributed by atoms with Crippen molar-refractivity contribution in [3.05, 3.63) is 34.5 Å². The molecule has 0 bridgehead atoms. The fourth-order valence-corrected chi connectivity index (χ4v) is 2.40. The quantitative estimate of drug-likeness (QED) is 0.680. The second kappa shape index (κ2) is 3.56. The molecule has 1 aromatic heterocycles. The highest BCUT2D eigenvalue weighted by molar-refractivity contribution is 7.17. The molecule has 4 heteroatoms. The van der Waals surface area contributed by atoms with Gasteiger partial charge in [0.25, 0.3) is 0 Å². The maximum absolute atomic E-state index is 13.7. The Hall–Kier alpha value is -1.11. The summed E-state index contributed by atoms with van der Waals surface area (Å²) in [7, 11) is 0. The van der Waals surface area contributed by atoms with Crippen LogP contribution in [0.3, 0.4) is 0 Å². The van der Waals surface area contributed by atoms with Crippen molar-refractivity contribution in [3.8, 4) is 6.07 Å². The highest BCUT2D eigenvalue weighted by Crippen LogP contribution is 2.30. The minimum atomic E-state index is -0.365. The topological polar surface area (TPSA) is 23.8 Å². The SMILES string of the molecule is N#Cc1csc2ccc(CCl)c(F)c12. The van der Waals surface area contributed by atoms with E-state index >= 15 is 0 Å². The third-order valence-electron chi connectivity index (χ3n) is 2.02. The summed E-state index contributed by atoms with van der Waals surface area (Å²) in [4.78, 5) is 0. The van der Waals surface area contributed by atoms with Crippen molar-refractivity contribution >= 4 is 33.0 Å². The highest BCUT2D eigenvalue weighted by atomic mass is 35.5. The number of nitrogens with zero attached hydrogens (tertiary/aromatic N) is 1. The van der Waals surface area contributed by atoms with E-state index in [0.717, 1.165) is 4.70 Å². The van der Waals surface area contributed by atoms with E-state index in [9.17, 15) is 4.39 Å². The number of hydrogen-bond acceptors (Lipinski definition) is 2. The van der Waals surface area contributed by atoms with Gasteiger partial charge < -0.3 is 0 Å². The van der Waals surface area contributed by atoms with Crippen molar-refractivity contribution in [3.63, 3.8) is 0 Å². The predicted octanol–water partition coefficient (Wildman–Crippen LogP) is 3.65. The largest absolute Gasteiger partial charge is 0.206 e. The molecule has 1 aromatic carbocycles. The maximum Gasteiger partial charge on any atom is 0.137 e. The van der Waals surface area contributed by atoms with Crippen molar-refractivity contribution in [1.29, 1.82) is 5.26 Å². The summed E-state index contributed by atoms with van der Waals surface area (Å²) >= 11 is 6.94. The molecule has 0 amide bonds. The lowest BCUT2D eigenvalue weighted by molar-refractivity contribution is 0.629. The van der Waals surface area contributed by atoms with Crippen LogP contribution in [0.15, 0.2) is 17.5 Å². The summed E-state index contributed by atoms with van der Waals surface area (Å²) in [5.41, 5.74) is 0.823. The molecule has 70 valence electrons. The van der Waals surface area contributed by atoms with Gasteiger partial charge in [-0.15, -0.1) is 22.9 Å². The lowest BCUT2D eigenvalue weighted by Crippen LogP contribution is -1.87. The smallest absolute Gasteiger partial charge is 0.137 e. The molecule has 0 N–H and O–H groups in total. The summed E-state index contributed by atoms with van der Waals surface area (Å²) in [6, 6.07) is 5.42. The molecule has 0 fully saturated rings. The van der Waals surface area contributed by atoms with Crippen LogP contribution < -0.4 is 0 Å². The minimum absolute atomic E-state index is 0.127. The number of rotatable bonds is 1. The van der Waals surface area contributed by atoms with Crippen LogP contribution in [0.25, 0.3) is 10.1 Å². The second-order valence-electron chi connectivity index (χ2n) is 2.81. The molecule has 2 aromatic rings. The molecule has 0 aliphatic carbocycles. The Balaban J connectivity index is 2.85. The first kappa shape index (κ1) is 9.45. The minimum Gasteiger partial charge on any atom is -0.206 e. The van der Waals surface area contributed by atoms with E-state index in [1.165, 1.54) is 11.3 Å². The van der Waals surface area contributed by atoms with Gasteiger partial charge >= 0.3 is 0 Å². The van der Waals surface area contributed by atoms with Gasteiger partial charge in [0.05, 0.1) is 11.4 Å². The molecule has 1 nitrogen and oxygen atoms in total. The number of thiophene rings is 1. The van der Waals surface area contributed by atoms with Crippen LogP contribution in [0.4, 0.5) is 4.39 Å². The van der Waals surface area contributed by atoms with Crippen molar-refractivity contribution in [1.82, 2.24) is 0 Å². The Labute approximate surface area is 89.3 Å². The molecule has 0 aliphatic rings. The van der Waals surface area contributed by atoms with E-state index in [1.54, 1.807) is 17.5 Å². The molecule has 0 saturated carbocycles. The molecule has 0 aliphatic heterocycles. The fourth-order valence-electron chi connectivity index (χ4n) is 1.32. The first-order chi connectivity index (χ1) is 6.77. The molecule has 0 radical (unpaired) electrons. The van der Waals surface area contributed by atoms with Crippen LogP contribution in [0.5, 0.6) is 0 Å². The number of alkyl halides is 1. The first-order valence-corrected chi connectivity index (χ1v) is 5.34. The van der Waals surface area contributed by atoms with Gasteiger partial charge in [0, 0.05) is 21.0 Å². The van der Waals surface area contributed by atoms with E-state index in [-0.39, 0.29) is 11.7 Å². The molecule has 1 heterocycles. The van der Waals surface area contributed by atoms with Gasteiger partial charge in [-0.3, -0.25) is 0 Å². The molecule has 0 atom stereocenters. The van der Waals surface area contributed by atoms with E-state index in [1.807, 2.05) is 6.07 Å². The molecule has 0 saturated heterocycles. The van der Waals surface area contributed by atoms with E-state index in [2.05, 4.69) is 0 Å². The highest BCUT2D eigenvalue weighted by Gasteiger charge is 2.11. The molecular weight excluding hydrogens is 221 g/mol. The molecule has 0 spiro atoms. The fraction of sp³-hybridized carbons (Fsp3) is 0.100. The Morgan fingerprint density at radius 2 is 2.29 bits per heavy atom. The van der Waals surface area contributed by atoms with Crippen LogP contribution in [0.2, 0.25) is 0 Å². The Morgan fingerprint density at radius 1 is 1.50 bits per heavy atom. The van der Waals surface area contributed by atoms with Gasteiger partial charge in [0.15, 0.2) is 0 Å². The van der Waals surface area contributed by atoms with Gasteiger partial charge in [-0.2, -0.15) is 5.26 Å². The zero-order valence-corrected chi connectivity index (χ0v) is 8.62. The lowest BCUT2D eigenvalue weighted by atomic mass is 10.1. The zero-order valence-electron chi connectivity index (χ0n) is 7.05. The van der Waals surface area contributed by atoms with E-state index in [0.29, 0.717) is 16.5 Å². The number of hydrogen-bond donors (Lipinski definition) is 0. The second-order valence-corrected chi connectivity index (χ2v) is 3.99. The first-order valence-electron chi connectivity index (χ1n) is 3.92. The number of fused-ring (bicyclic) bond motifs is 1. The van der Waals surface area contributed by atoms with Crippen LogP contribution in [0.1, 0.15) is 11.1 Å². The zero-order chi connectivity index (χ0) is 10.1. The van der Waals surface area contributed by atoms with Crippen molar-refractivity contribution < 1.29 is 4.39 Å². The summed E-state index contributed by atoms with van der Waals surface area (Å²) in [6.07, 6.45) is 0. The average Bonchev–Trinajstić information content (AvgIpc) is 2.62. The van der Waals surface area contributed by atoms with E-state index in [4.69, 9.17) is 16.9 Å². The predicted molar refractivity (Wildman–Crippen MR) is 56.1 cm³/mol. The Morgan fingerprint density at radius 3 is 2.93 bits per heavy atom. The monoisotopic (exact) mass is 225 g/mol.